The maximum absolute atomic E-state index is 11.6. The van der Waals surface area contributed by atoms with Crippen LogP contribution in [0.15, 0.2) is 0 Å². The van der Waals surface area contributed by atoms with E-state index in [4.69, 9.17) is 5.26 Å². The van der Waals surface area contributed by atoms with Crippen molar-refractivity contribution in [3.05, 3.63) is 0 Å². The SMILES string of the molecule is CC1CCCC1C(=O)N[C@H](C)C#N. The van der Waals surface area contributed by atoms with Gasteiger partial charge in [-0.2, -0.15) is 5.26 Å². The average molecular weight is 180 g/mol. The van der Waals surface area contributed by atoms with Crippen LogP contribution in [-0.4, -0.2) is 11.9 Å². The fourth-order valence-corrected chi connectivity index (χ4v) is 1.89. The normalized spacial score (nSPS) is 29.3. The zero-order valence-corrected chi connectivity index (χ0v) is 8.21. The van der Waals surface area contributed by atoms with Gasteiger partial charge in [0, 0.05) is 5.92 Å². The topological polar surface area (TPSA) is 52.9 Å². The molecule has 3 atom stereocenters. The summed E-state index contributed by atoms with van der Waals surface area (Å²) in [5, 5.41) is 11.2. The second-order valence-electron chi connectivity index (χ2n) is 3.87. The van der Waals surface area contributed by atoms with Crippen molar-refractivity contribution in [2.45, 2.75) is 39.2 Å². The molecule has 0 saturated heterocycles. The van der Waals surface area contributed by atoms with E-state index in [1.165, 1.54) is 0 Å². The summed E-state index contributed by atoms with van der Waals surface area (Å²) in [5.74, 6) is 0.667. The van der Waals surface area contributed by atoms with Crippen LogP contribution < -0.4 is 5.32 Å². The summed E-state index contributed by atoms with van der Waals surface area (Å²) in [6.07, 6.45) is 3.25. The predicted octanol–water partition coefficient (Wildman–Crippen LogP) is 1.45. The van der Waals surface area contributed by atoms with Gasteiger partial charge >= 0.3 is 0 Å². The maximum atomic E-state index is 11.6. The van der Waals surface area contributed by atoms with Gasteiger partial charge in [0.15, 0.2) is 0 Å². The molecule has 3 nitrogen and oxygen atoms in total. The largest absolute Gasteiger partial charge is 0.340 e. The van der Waals surface area contributed by atoms with E-state index in [2.05, 4.69) is 12.2 Å². The predicted molar refractivity (Wildman–Crippen MR) is 49.7 cm³/mol. The smallest absolute Gasteiger partial charge is 0.224 e. The Hall–Kier alpha value is -1.04. The van der Waals surface area contributed by atoms with Gasteiger partial charge in [-0.05, 0) is 25.7 Å². The van der Waals surface area contributed by atoms with Gasteiger partial charge in [0.1, 0.15) is 6.04 Å². The molecule has 1 fully saturated rings. The summed E-state index contributed by atoms with van der Waals surface area (Å²) in [5.41, 5.74) is 0. The number of hydrogen-bond acceptors (Lipinski definition) is 2. The molecule has 1 aliphatic carbocycles. The van der Waals surface area contributed by atoms with E-state index in [0.717, 1.165) is 19.3 Å². The first-order valence-corrected chi connectivity index (χ1v) is 4.85. The van der Waals surface area contributed by atoms with E-state index >= 15 is 0 Å². The minimum atomic E-state index is -0.361. The molecule has 0 aromatic heterocycles. The van der Waals surface area contributed by atoms with Crippen molar-refractivity contribution in [1.82, 2.24) is 5.32 Å². The van der Waals surface area contributed by atoms with E-state index in [1.54, 1.807) is 6.92 Å². The third-order valence-corrected chi connectivity index (χ3v) is 2.75. The number of nitriles is 1. The highest BCUT2D eigenvalue weighted by atomic mass is 16.1. The number of amides is 1. The molecule has 0 spiro atoms. The van der Waals surface area contributed by atoms with Crippen molar-refractivity contribution in [3.63, 3.8) is 0 Å². The van der Waals surface area contributed by atoms with Crippen LogP contribution in [0.4, 0.5) is 0 Å². The van der Waals surface area contributed by atoms with Crippen LogP contribution in [0.3, 0.4) is 0 Å². The van der Waals surface area contributed by atoms with Crippen LogP contribution in [0.1, 0.15) is 33.1 Å². The molecule has 1 aliphatic rings. The first-order valence-electron chi connectivity index (χ1n) is 4.85. The molecule has 0 bridgehead atoms. The van der Waals surface area contributed by atoms with Crippen molar-refractivity contribution < 1.29 is 4.79 Å². The molecule has 72 valence electrons. The molecular weight excluding hydrogens is 164 g/mol. The second-order valence-corrected chi connectivity index (χ2v) is 3.87. The lowest BCUT2D eigenvalue weighted by atomic mass is 9.97. The van der Waals surface area contributed by atoms with Crippen LogP contribution >= 0.6 is 0 Å². The lowest BCUT2D eigenvalue weighted by Gasteiger charge is -2.15. The second kappa shape index (κ2) is 4.27. The fourth-order valence-electron chi connectivity index (χ4n) is 1.89. The van der Waals surface area contributed by atoms with Crippen molar-refractivity contribution >= 4 is 5.91 Å². The number of hydrogen-bond donors (Lipinski definition) is 1. The van der Waals surface area contributed by atoms with Gasteiger partial charge in [0.05, 0.1) is 6.07 Å². The first-order chi connectivity index (χ1) is 6.15. The van der Waals surface area contributed by atoms with Crippen molar-refractivity contribution in [2.24, 2.45) is 11.8 Å². The van der Waals surface area contributed by atoms with Gasteiger partial charge in [0.25, 0.3) is 0 Å². The van der Waals surface area contributed by atoms with Crippen LogP contribution in [0.2, 0.25) is 0 Å². The van der Waals surface area contributed by atoms with Crippen molar-refractivity contribution in [1.29, 1.82) is 5.26 Å². The van der Waals surface area contributed by atoms with Gasteiger partial charge in [0.2, 0.25) is 5.91 Å². The van der Waals surface area contributed by atoms with Crippen LogP contribution in [0, 0.1) is 23.2 Å². The van der Waals surface area contributed by atoms with E-state index < -0.39 is 0 Å². The molecule has 13 heavy (non-hydrogen) atoms. The van der Waals surface area contributed by atoms with E-state index in [1.807, 2.05) is 6.07 Å². The Labute approximate surface area is 79.1 Å². The van der Waals surface area contributed by atoms with E-state index in [0.29, 0.717) is 5.92 Å². The zero-order valence-electron chi connectivity index (χ0n) is 8.21. The molecule has 0 aromatic rings. The molecule has 0 aliphatic heterocycles. The Morgan fingerprint density at radius 2 is 2.31 bits per heavy atom. The Kier molecular flexibility index (Phi) is 3.30. The summed E-state index contributed by atoms with van der Waals surface area (Å²) >= 11 is 0. The summed E-state index contributed by atoms with van der Waals surface area (Å²) in [6, 6.07) is 1.64. The molecule has 0 heterocycles. The molecular formula is C10H16N2O. The summed E-state index contributed by atoms with van der Waals surface area (Å²) < 4.78 is 0. The highest BCUT2D eigenvalue weighted by Gasteiger charge is 2.29. The Morgan fingerprint density at radius 1 is 1.62 bits per heavy atom. The summed E-state index contributed by atoms with van der Waals surface area (Å²) in [6.45, 7) is 3.81. The lowest BCUT2D eigenvalue weighted by Crippen LogP contribution is -2.37. The molecule has 0 radical (unpaired) electrons. The molecule has 2 unspecified atom stereocenters. The third kappa shape index (κ3) is 2.45. The minimum Gasteiger partial charge on any atom is -0.340 e. The Morgan fingerprint density at radius 3 is 2.77 bits per heavy atom. The standard InChI is InChI=1S/C10H16N2O/c1-7-4-3-5-9(7)10(13)12-8(2)6-11/h7-9H,3-5H2,1-2H3,(H,12,13)/t7?,8-,9?/m1/s1. The maximum Gasteiger partial charge on any atom is 0.224 e. The fraction of sp³-hybridized carbons (Fsp3) is 0.800. The molecule has 1 saturated carbocycles. The average Bonchev–Trinajstić information content (AvgIpc) is 2.51. The highest BCUT2D eigenvalue weighted by molar-refractivity contribution is 5.79. The highest BCUT2D eigenvalue weighted by Crippen LogP contribution is 2.31. The summed E-state index contributed by atoms with van der Waals surface area (Å²) in [7, 11) is 0. The van der Waals surface area contributed by atoms with Gasteiger partial charge in [-0.3, -0.25) is 4.79 Å². The quantitative estimate of drug-likeness (QED) is 0.699. The molecule has 1 amide bonds. The molecule has 3 heteroatoms. The van der Waals surface area contributed by atoms with Gasteiger partial charge in [-0.1, -0.05) is 13.3 Å². The van der Waals surface area contributed by atoms with Gasteiger partial charge in [-0.25, -0.2) is 0 Å². The number of carbonyl (C=O) groups excluding carboxylic acids is 1. The summed E-state index contributed by atoms with van der Waals surface area (Å²) in [4.78, 5) is 11.6. The number of rotatable bonds is 2. The molecule has 0 aromatic carbocycles. The van der Waals surface area contributed by atoms with E-state index in [9.17, 15) is 4.79 Å². The third-order valence-electron chi connectivity index (χ3n) is 2.75. The van der Waals surface area contributed by atoms with Crippen molar-refractivity contribution in [2.75, 3.05) is 0 Å². The minimum absolute atomic E-state index is 0.0547. The Bertz CT molecular complexity index is 232. The zero-order chi connectivity index (χ0) is 9.84. The number of carbonyl (C=O) groups is 1. The monoisotopic (exact) mass is 180 g/mol. The number of nitrogens with one attached hydrogen (secondary N) is 1. The van der Waals surface area contributed by atoms with Gasteiger partial charge < -0.3 is 5.32 Å². The lowest BCUT2D eigenvalue weighted by molar-refractivity contribution is -0.126. The van der Waals surface area contributed by atoms with Crippen LogP contribution in [0.25, 0.3) is 0 Å². The van der Waals surface area contributed by atoms with Crippen LogP contribution in [0.5, 0.6) is 0 Å². The molecule has 1 rings (SSSR count). The first kappa shape index (κ1) is 10.0. The van der Waals surface area contributed by atoms with E-state index in [-0.39, 0.29) is 17.9 Å². The van der Waals surface area contributed by atoms with Crippen LogP contribution in [-0.2, 0) is 4.79 Å². The van der Waals surface area contributed by atoms with Gasteiger partial charge in [-0.15, -0.1) is 0 Å². The Balaban J connectivity index is 2.44. The molecule has 1 N–H and O–H groups in total. The van der Waals surface area contributed by atoms with Crippen molar-refractivity contribution in [3.8, 4) is 6.07 Å². The number of nitrogens with zero attached hydrogens (tertiary/aromatic N) is 1.